The van der Waals surface area contributed by atoms with Crippen LogP contribution in [0.15, 0.2) is 186 Å². The molecule has 0 aliphatic heterocycles. The summed E-state index contributed by atoms with van der Waals surface area (Å²) < 4.78 is 9.21. The molecule has 56 heavy (non-hydrogen) atoms. The van der Waals surface area contributed by atoms with Crippen molar-refractivity contribution in [2.75, 3.05) is 0 Å². The topological polar surface area (TPSA) is 56.7 Å². The first-order valence-corrected chi connectivity index (χ1v) is 18.8. The predicted molar refractivity (Wildman–Crippen MR) is 230 cm³/mol. The number of rotatable bonds is 4. The summed E-state index contributed by atoms with van der Waals surface area (Å²) in [5.41, 5.74) is 7.51. The van der Waals surface area contributed by atoms with Crippen LogP contribution in [-0.2, 0) is 0 Å². The molecule has 9 aromatic carbocycles. The van der Waals surface area contributed by atoms with Crippen LogP contribution in [-0.4, -0.2) is 19.5 Å². The number of para-hydroxylation sites is 1. The van der Waals surface area contributed by atoms with Gasteiger partial charge in [-0.05, 0) is 63.3 Å². The van der Waals surface area contributed by atoms with Crippen molar-refractivity contribution >= 4 is 76.1 Å². The van der Waals surface area contributed by atoms with Gasteiger partial charge in [0.05, 0.1) is 16.7 Å². The van der Waals surface area contributed by atoms with Gasteiger partial charge in [0.15, 0.2) is 17.5 Å². The Balaban J connectivity index is 1.22. The van der Waals surface area contributed by atoms with Gasteiger partial charge < -0.3 is 8.98 Å². The van der Waals surface area contributed by atoms with Crippen LogP contribution < -0.4 is 0 Å². The fourth-order valence-corrected chi connectivity index (χ4v) is 8.49. The first kappa shape index (κ1) is 30.8. The Bertz CT molecular complexity index is 3540. The molecular formula is C51H30N4O. The van der Waals surface area contributed by atoms with Crippen LogP contribution in [0.2, 0.25) is 0 Å². The molecule has 5 nitrogen and oxygen atoms in total. The number of benzene rings is 9. The Labute approximate surface area is 320 Å². The minimum absolute atomic E-state index is 0.584. The van der Waals surface area contributed by atoms with Crippen molar-refractivity contribution in [3.63, 3.8) is 0 Å². The maximum absolute atomic E-state index is 6.85. The maximum atomic E-state index is 6.85. The predicted octanol–water partition coefficient (Wildman–Crippen LogP) is 13.3. The molecule has 0 spiro atoms. The second-order valence-corrected chi connectivity index (χ2v) is 14.4. The van der Waals surface area contributed by atoms with Gasteiger partial charge in [-0.1, -0.05) is 140 Å². The SMILES string of the molecule is c1ccc(-c2nc(-c3ccc4ccccc4c3)nc(-c3cc4c(cc3-n3c5ccccc5c5cc6ccccc6cc53)oc3c5ccccc5ccc43)n2)cc1. The van der Waals surface area contributed by atoms with E-state index in [9.17, 15) is 0 Å². The Morgan fingerprint density at radius 3 is 1.80 bits per heavy atom. The second kappa shape index (κ2) is 11.9. The highest BCUT2D eigenvalue weighted by molar-refractivity contribution is 6.17. The standard InChI is InChI=1S/C51H30N4O/c1-2-14-33(15-3-1)49-52-50(37-23-22-31-12-4-5-16-34(31)26-37)54-51(53-49)43-29-42-40-25-24-32-13-8-9-19-38(32)48(40)56-47(42)30-46(43)55-44-21-11-10-20-39(44)41-27-35-17-6-7-18-36(35)28-45(41)55/h1-30H. The van der Waals surface area contributed by atoms with Crippen LogP contribution in [0.4, 0.5) is 0 Å². The molecule has 0 saturated carbocycles. The van der Waals surface area contributed by atoms with Crippen LogP contribution in [0.1, 0.15) is 0 Å². The molecule has 0 fully saturated rings. The van der Waals surface area contributed by atoms with E-state index >= 15 is 0 Å². The minimum atomic E-state index is 0.584. The molecule has 3 heterocycles. The third-order valence-electron chi connectivity index (χ3n) is 11.2. The van der Waals surface area contributed by atoms with Crippen LogP contribution in [0.3, 0.4) is 0 Å². The summed E-state index contributed by atoms with van der Waals surface area (Å²) in [6, 6.07) is 63.9. The number of furan rings is 1. The van der Waals surface area contributed by atoms with Crippen molar-refractivity contribution in [2.45, 2.75) is 0 Å². The van der Waals surface area contributed by atoms with E-state index < -0.39 is 0 Å². The summed E-state index contributed by atoms with van der Waals surface area (Å²) in [4.78, 5) is 15.8. The first-order chi connectivity index (χ1) is 27.7. The van der Waals surface area contributed by atoms with Gasteiger partial charge in [-0.25, -0.2) is 15.0 Å². The van der Waals surface area contributed by atoms with Gasteiger partial charge in [0.2, 0.25) is 0 Å². The van der Waals surface area contributed by atoms with Gasteiger partial charge >= 0.3 is 0 Å². The van der Waals surface area contributed by atoms with Crippen LogP contribution >= 0.6 is 0 Å². The molecule has 3 aromatic heterocycles. The minimum Gasteiger partial charge on any atom is -0.455 e. The fourth-order valence-electron chi connectivity index (χ4n) is 8.49. The lowest BCUT2D eigenvalue weighted by Crippen LogP contribution is -2.04. The normalized spacial score (nSPS) is 11.9. The molecule has 0 aliphatic rings. The van der Waals surface area contributed by atoms with Gasteiger partial charge in [0.25, 0.3) is 0 Å². The molecule has 0 saturated heterocycles. The summed E-state index contributed by atoms with van der Waals surface area (Å²) >= 11 is 0. The molecular weight excluding hydrogens is 685 g/mol. The maximum Gasteiger partial charge on any atom is 0.166 e. The molecule has 0 amide bonds. The molecule has 0 unspecified atom stereocenters. The molecule has 260 valence electrons. The monoisotopic (exact) mass is 714 g/mol. The van der Waals surface area contributed by atoms with E-state index in [4.69, 9.17) is 19.4 Å². The molecule has 5 heteroatoms. The van der Waals surface area contributed by atoms with Crippen LogP contribution in [0, 0.1) is 0 Å². The van der Waals surface area contributed by atoms with Gasteiger partial charge in [0.1, 0.15) is 11.2 Å². The highest BCUT2D eigenvalue weighted by atomic mass is 16.3. The van der Waals surface area contributed by atoms with E-state index in [-0.39, 0.29) is 0 Å². The molecule has 0 atom stereocenters. The van der Waals surface area contributed by atoms with Gasteiger partial charge in [-0.3, -0.25) is 0 Å². The number of hydrogen-bond donors (Lipinski definition) is 0. The number of fused-ring (bicyclic) bond motifs is 10. The molecule has 0 N–H and O–H groups in total. The van der Waals surface area contributed by atoms with Crippen molar-refractivity contribution in [3.8, 4) is 39.9 Å². The molecule has 12 aromatic rings. The summed E-state index contributed by atoms with van der Waals surface area (Å²) in [5, 5.41) is 11.3. The van der Waals surface area contributed by atoms with Gasteiger partial charge in [0, 0.05) is 49.7 Å². The van der Waals surface area contributed by atoms with E-state index in [2.05, 4.69) is 168 Å². The van der Waals surface area contributed by atoms with E-state index in [1.165, 1.54) is 26.9 Å². The van der Waals surface area contributed by atoms with Crippen molar-refractivity contribution in [2.24, 2.45) is 0 Å². The van der Waals surface area contributed by atoms with Crippen molar-refractivity contribution < 1.29 is 4.42 Å². The third kappa shape index (κ3) is 4.71. The fraction of sp³-hybridized carbons (Fsp3) is 0. The Hall–Kier alpha value is -7.63. The molecule has 0 bridgehead atoms. The van der Waals surface area contributed by atoms with Gasteiger partial charge in [-0.2, -0.15) is 0 Å². The van der Waals surface area contributed by atoms with E-state index in [1.807, 2.05) is 18.2 Å². The molecule has 0 aliphatic carbocycles. The summed E-state index contributed by atoms with van der Waals surface area (Å²) in [6.07, 6.45) is 0. The quantitative estimate of drug-likeness (QED) is 0.182. The third-order valence-corrected chi connectivity index (χ3v) is 11.2. The zero-order valence-corrected chi connectivity index (χ0v) is 30.0. The number of hydrogen-bond acceptors (Lipinski definition) is 4. The Morgan fingerprint density at radius 1 is 0.357 bits per heavy atom. The van der Waals surface area contributed by atoms with Crippen LogP contribution in [0.5, 0.6) is 0 Å². The van der Waals surface area contributed by atoms with Crippen LogP contribution in [0.25, 0.3) is 116 Å². The number of aromatic nitrogens is 4. The van der Waals surface area contributed by atoms with E-state index in [0.717, 1.165) is 71.5 Å². The highest BCUT2D eigenvalue weighted by Gasteiger charge is 2.23. The average molecular weight is 715 g/mol. The van der Waals surface area contributed by atoms with Crippen molar-refractivity contribution in [1.82, 2.24) is 19.5 Å². The summed E-state index contributed by atoms with van der Waals surface area (Å²) in [6.45, 7) is 0. The smallest absolute Gasteiger partial charge is 0.166 e. The summed E-state index contributed by atoms with van der Waals surface area (Å²) in [5.74, 6) is 1.81. The lowest BCUT2D eigenvalue weighted by atomic mass is 10.0. The summed E-state index contributed by atoms with van der Waals surface area (Å²) in [7, 11) is 0. The molecule has 12 rings (SSSR count). The number of nitrogens with zero attached hydrogens (tertiary/aromatic N) is 4. The lowest BCUT2D eigenvalue weighted by molar-refractivity contribution is 0.672. The first-order valence-electron chi connectivity index (χ1n) is 18.8. The van der Waals surface area contributed by atoms with Crippen molar-refractivity contribution in [1.29, 1.82) is 0 Å². The average Bonchev–Trinajstić information content (AvgIpc) is 3.80. The lowest BCUT2D eigenvalue weighted by Gasteiger charge is -2.15. The Kier molecular flexibility index (Phi) is 6.56. The van der Waals surface area contributed by atoms with E-state index in [0.29, 0.717) is 17.5 Å². The van der Waals surface area contributed by atoms with Crippen molar-refractivity contribution in [3.05, 3.63) is 182 Å². The van der Waals surface area contributed by atoms with E-state index in [1.54, 1.807) is 0 Å². The Morgan fingerprint density at radius 2 is 0.982 bits per heavy atom. The molecule has 0 radical (unpaired) electrons. The highest BCUT2D eigenvalue weighted by Crippen LogP contribution is 2.42. The second-order valence-electron chi connectivity index (χ2n) is 14.4. The zero-order valence-electron chi connectivity index (χ0n) is 30.0. The van der Waals surface area contributed by atoms with Gasteiger partial charge in [-0.15, -0.1) is 0 Å². The zero-order chi connectivity index (χ0) is 36.7. The largest absolute Gasteiger partial charge is 0.455 e.